The van der Waals surface area contributed by atoms with Crippen LogP contribution in [0.3, 0.4) is 0 Å². The molecule has 0 saturated carbocycles. The van der Waals surface area contributed by atoms with Crippen molar-refractivity contribution in [2.24, 2.45) is 0 Å². The number of fused-ring (bicyclic) bond motifs is 1. The molecule has 2 aromatic carbocycles. The molecular formula is C22H24BrN3O. The number of unbranched alkanes of at least 4 members (excludes halogenated alkanes) is 1. The first kappa shape index (κ1) is 18.2. The van der Waals surface area contributed by atoms with E-state index in [2.05, 4.69) is 69.9 Å². The molecule has 0 aliphatic carbocycles. The first-order valence-corrected chi connectivity index (χ1v) is 10.4. The van der Waals surface area contributed by atoms with E-state index in [1.807, 2.05) is 11.0 Å². The fourth-order valence-corrected chi connectivity index (χ4v) is 4.12. The Labute approximate surface area is 168 Å². The first-order valence-electron chi connectivity index (χ1n) is 9.63. The minimum atomic E-state index is 0.164. The van der Waals surface area contributed by atoms with E-state index in [0.717, 1.165) is 53.8 Å². The molecule has 0 spiro atoms. The number of likely N-dealkylation sites (tertiary alicyclic amines) is 1. The second-order valence-corrected chi connectivity index (χ2v) is 8.18. The maximum atomic E-state index is 12.5. The van der Waals surface area contributed by atoms with E-state index in [1.54, 1.807) is 0 Å². The minimum absolute atomic E-state index is 0.164. The van der Waals surface area contributed by atoms with Crippen LogP contribution in [0.4, 0.5) is 0 Å². The molecule has 27 heavy (non-hydrogen) atoms. The fraction of sp³-hybridized carbons (Fsp3) is 0.364. The molecule has 3 aromatic rings. The van der Waals surface area contributed by atoms with Gasteiger partial charge in [-0.15, -0.1) is 0 Å². The molecule has 1 aliphatic heterocycles. The van der Waals surface area contributed by atoms with Gasteiger partial charge in [-0.05, 0) is 36.2 Å². The van der Waals surface area contributed by atoms with Crippen molar-refractivity contribution in [3.63, 3.8) is 0 Å². The summed E-state index contributed by atoms with van der Waals surface area (Å²) in [6.45, 7) is 4.57. The zero-order valence-corrected chi connectivity index (χ0v) is 17.2. The molecule has 1 aromatic heterocycles. The van der Waals surface area contributed by atoms with E-state index < -0.39 is 0 Å². The number of hydrogen-bond acceptors (Lipinski definition) is 2. The van der Waals surface area contributed by atoms with Crippen molar-refractivity contribution in [1.82, 2.24) is 14.5 Å². The second-order valence-electron chi connectivity index (χ2n) is 7.27. The average molecular weight is 426 g/mol. The van der Waals surface area contributed by atoms with Gasteiger partial charge in [-0.3, -0.25) is 4.79 Å². The normalized spacial score (nSPS) is 17.2. The summed E-state index contributed by atoms with van der Waals surface area (Å²) in [6, 6.07) is 16.7. The number of nitrogens with zero attached hydrogens (tertiary/aromatic N) is 3. The Morgan fingerprint density at radius 1 is 1.15 bits per heavy atom. The Morgan fingerprint density at radius 3 is 2.70 bits per heavy atom. The van der Waals surface area contributed by atoms with Gasteiger partial charge in [0.05, 0.1) is 11.0 Å². The van der Waals surface area contributed by atoms with Crippen LogP contribution in [0.5, 0.6) is 0 Å². The van der Waals surface area contributed by atoms with Gasteiger partial charge in [0.15, 0.2) is 0 Å². The van der Waals surface area contributed by atoms with Crippen molar-refractivity contribution in [2.75, 3.05) is 13.1 Å². The lowest BCUT2D eigenvalue weighted by Crippen LogP contribution is -2.26. The number of hydrogen-bond donors (Lipinski definition) is 0. The molecule has 4 rings (SSSR count). The average Bonchev–Trinajstić information content (AvgIpc) is 3.22. The van der Waals surface area contributed by atoms with E-state index in [0.29, 0.717) is 6.42 Å². The van der Waals surface area contributed by atoms with Crippen LogP contribution in [-0.4, -0.2) is 33.4 Å². The molecule has 1 saturated heterocycles. The van der Waals surface area contributed by atoms with Crippen LogP contribution in [0.1, 0.15) is 43.5 Å². The summed E-state index contributed by atoms with van der Waals surface area (Å²) in [5.74, 6) is 1.46. The van der Waals surface area contributed by atoms with Crippen LogP contribution in [-0.2, 0) is 11.3 Å². The highest BCUT2D eigenvalue weighted by molar-refractivity contribution is 9.10. The zero-order chi connectivity index (χ0) is 18.8. The molecule has 5 heteroatoms. The summed E-state index contributed by atoms with van der Waals surface area (Å²) in [4.78, 5) is 19.4. The summed E-state index contributed by atoms with van der Waals surface area (Å²) in [5.41, 5.74) is 3.37. The van der Waals surface area contributed by atoms with E-state index in [-0.39, 0.29) is 11.8 Å². The summed E-state index contributed by atoms with van der Waals surface area (Å²) >= 11 is 3.50. The monoisotopic (exact) mass is 425 g/mol. The lowest BCUT2D eigenvalue weighted by atomic mass is 10.1. The third-order valence-corrected chi connectivity index (χ3v) is 5.83. The third kappa shape index (κ3) is 3.79. The van der Waals surface area contributed by atoms with Gasteiger partial charge in [0, 0.05) is 36.4 Å². The molecule has 140 valence electrons. The fourth-order valence-electron chi connectivity index (χ4n) is 3.85. The number of benzene rings is 2. The Balaban J connectivity index is 1.68. The predicted octanol–water partition coefficient (Wildman–Crippen LogP) is 4.96. The Hall–Kier alpha value is -2.14. The van der Waals surface area contributed by atoms with Gasteiger partial charge in [0.25, 0.3) is 0 Å². The predicted molar refractivity (Wildman–Crippen MR) is 112 cm³/mol. The molecule has 4 nitrogen and oxygen atoms in total. The number of aromatic nitrogens is 2. The summed E-state index contributed by atoms with van der Waals surface area (Å²) in [6.07, 6.45) is 2.73. The number of carbonyl (C=O) groups is 1. The van der Waals surface area contributed by atoms with Crippen molar-refractivity contribution in [3.05, 3.63) is 64.4 Å². The number of halogens is 1. The Bertz CT molecular complexity index is 948. The molecule has 0 bridgehead atoms. The quantitative estimate of drug-likeness (QED) is 0.559. The smallest absolute Gasteiger partial charge is 0.223 e. The molecule has 0 N–H and O–H groups in total. The number of amides is 1. The minimum Gasteiger partial charge on any atom is -0.342 e. The Morgan fingerprint density at radius 2 is 1.93 bits per heavy atom. The number of carbonyl (C=O) groups excluding carboxylic acids is 1. The van der Waals surface area contributed by atoms with Crippen molar-refractivity contribution in [3.8, 4) is 0 Å². The van der Waals surface area contributed by atoms with Crippen LogP contribution >= 0.6 is 15.9 Å². The van der Waals surface area contributed by atoms with E-state index >= 15 is 0 Å². The molecule has 1 aliphatic rings. The molecule has 1 fully saturated rings. The summed E-state index contributed by atoms with van der Waals surface area (Å²) in [7, 11) is 0. The van der Waals surface area contributed by atoms with Gasteiger partial charge in [-0.2, -0.15) is 0 Å². The molecule has 2 heterocycles. The first-order chi connectivity index (χ1) is 13.2. The topological polar surface area (TPSA) is 38.1 Å². The largest absolute Gasteiger partial charge is 0.342 e. The van der Waals surface area contributed by atoms with Crippen molar-refractivity contribution >= 4 is 32.9 Å². The van der Waals surface area contributed by atoms with Gasteiger partial charge in [-0.25, -0.2) is 4.98 Å². The van der Waals surface area contributed by atoms with Crippen molar-refractivity contribution < 1.29 is 4.79 Å². The van der Waals surface area contributed by atoms with Crippen molar-refractivity contribution in [2.45, 2.75) is 38.6 Å². The van der Waals surface area contributed by atoms with Gasteiger partial charge in [0.1, 0.15) is 5.82 Å². The SMILES string of the molecule is CCCCN1C[C@@H](c2nc3ccccc3n2Cc2ccc(Br)cc2)CC1=O. The maximum absolute atomic E-state index is 12.5. The van der Waals surface area contributed by atoms with Gasteiger partial charge in [0.2, 0.25) is 5.91 Å². The van der Waals surface area contributed by atoms with E-state index in [9.17, 15) is 4.79 Å². The molecule has 0 radical (unpaired) electrons. The van der Waals surface area contributed by atoms with Gasteiger partial charge < -0.3 is 9.47 Å². The molecule has 1 amide bonds. The highest BCUT2D eigenvalue weighted by Gasteiger charge is 2.33. The molecule has 1 atom stereocenters. The summed E-state index contributed by atoms with van der Waals surface area (Å²) < 4.78 is 3.37. The van der Waals surface area contributed by atoms with Gasteiger partial charge in [-0.1, -0.05) is 53.5 Å². The van der Waals surface area contributed by atoms with Gasteiger partial charge >= 0.3 is 0 Å². The lowest BCUT2D eigenvalue weighted by molar-refractivity contribution is -0.127. The van der Waals surface area contributed by atoms with Crippen LogP contribution < -0.4 is 0 Å². The summed E-state index contributed by atoms with van der Waals surface area (Å²) in [5, 5.41) is 0. The maximum Gasteiger partial charge on any atom is 0.223 e. The third-order valence-electron chi connectivity index (χ3n) is 5.30. The highest BCUT2D eigenvalue weighted by Crippen LogP contribution is 2.31. The van der Waals surface area contributed by atoms with Crippen LogP contribution in [0, 0.1) is 0 Å². The highest BCUT2D eigenvalue weighted by atomic mass is 79.9. The van der Waals surface area contributed by atoms with E-state index in [1.165, 1.54) is 5.56 Å². The van der Waals surface area contributed by atoms with E-state index in [4.69, 9.17) is 4.98 Å². The Kier molecular flexibility index (Phi) is 5.30. The van der Waals surface area contributed by atoms with Crippen LogP contribution in [0.25, 0.3) is 11.0 Å². The second kappa shape index (κ2) is 7.85. The molecule has 0 unspecified atom stereocenters. The standard InChI is InChI=1S/C22H24BrN3O/c1-2-3-12-25-15-17(13-21(25)27)22-24-19-6-4-5-7-20(19)26(22)14-16-8-10-18(23)11-9-16/h4-11,17H,2-3,12-15H2,1H3/t17-/m0/s1. The van der Waals surface area contributed by atoms with Crippen LogP contribution in [0.15, 0.2) is 53.0 Å². The zero-order valence-electron chi connectivity index (χ0n) is 15.6. The molecular weight excluding hydrogens is 402 g/mol. The van der Waals surface area contributed by atoms with Crippen LogP contribution in [0.2, 0.25) is 0 Å². The van der Waals surface area contributed by atoms with Crippen molar-refractivity contribution in [1.29, 1.82) is 0 Å². The number of imidazole rings is 1. The number of para-hydroxylation sites is 2. The number of rotatable bonds is 6. The lowest BCUT2D eigenvalue weighted by Gasteiger charge is -2.17.